The molecule has 11 heteroatoms. The zero-order chi connectivity index (χ0) is 21.9. The topological polar surface area (TPSA) is 106 Å². The number of hydrogen-bond donors (Lipinski definition) is 2. The summed E-state index contributed by atoms with van der Waals surface area (Å²) in [7, 11) is -1.18. The molecule has 1 heterocycles. The number of anilines is 1. The summed E-state index contributed by atoms with van der Waals surface area (Å²) in [5, 5.41) is 3.46. The number of rotatable bonds is 6. The molecule has 0 unspecified atom stereocenters. The van der Waals surface area contributed by atoms with Gasteiger partial charge in [0.25, 0.3) is 15.9 Å². The zero-order valence-electron chi connectivity index (χ0n) is 16.5. The number of methoxy groups -OCH3 is 2. The van der Waals surface area contributed by atoms with Crippen LogP contribution in [0.2, 0.25) is 5.02 Å². The second-order valence-electron chi connectivity index (χ2n) is 6.26. The van der Waals surface area contributed by atoms with Crippen LogP contribution >= 0.6 is 23.4 Å². The minimum absolute atomic E-state index is 0.0757. The zero-order valence-corrected chi connectivity index (χ0v) is 18.9. The fourth-order valence-corrected chi connectivity index (χ4v) is 4.78. The van der Waals surface area contributed by atoms with E-state index in [1.54, 1.807) is 13.0 Å². The fourth-order valence-electron chi connectivity index (χ4n) is 2.73. The van der Waals surface area contributed by atoms with Gasteiger partial charge in [-0.2, -0.15) is 0 Å². The molecule has 0 bridgehead atoms. The van der Waals surface area contributed by atoms with Crippen LogP contribution in [0.5, 0.6) is 11.5 Å². The van der Waals surface area contributed by atoms with Gasteiger partial charge in [-0.05, 0) is 30.7 Å². The van der Waals surface area contributed by atoms with Crippen molar-refractivity contribution in [1.82, 2.24) is 5.32 Å². The van der Waals surface area contributed by atoms with Gasteiger partial charge in [0.2, 0.25) is 0 Å². The smallest absolute Gasteiger partial charge is 0.262 e. The summed E-state index contributed by atoms with van der Waals surface area (Å²) >= 11 is 7.56. The largest absolute Gasteiger partial charge is 0.495 e. The molecule has 30 heavy (non-hydrogen) atoms. The lowest BCUT2D eigenvalue weighted by molar-refractivity contribution is 0.0977. The number of amidine groups is 1. The third-order valence-electron chi connectivity index (χ3n) is 4.29. The van der Waals surface area contributed by atoms with E-state index in [2.05, 4.69) is 15.0 Å². The van der Waals surface area contributed by atoms with Crippen molar-refractivity contribution in [3.8, 4) is 11.5 Å². The van der Waals surface area contributed by atoms with Crippen LogP contribution in [0.3, 0.4) is 0 Å². The number of hydrogen-bond acceptors (Lipinski definition) is 7. The second kappa shape index (κ2) is 9.15. The Bertz CT molecular complexity index is 1120. The van der Waals surface area contributed by atoms with Crippen molar-refractivity contribution in [3.63, 3.8) is 0 Å². The number of carbonyl (C=O) groups is 1. The van der Waals surface area contributed by atoms with E-state index >= 15 is 0 Å². The lowest BCUT2D eigenvalue weighted by atomic mass is 10.1. The Morgan fingerprint density at radius 3 is 2.53 bits per heavy atom. The van der Waals surface area contributed by atoms with E-state index in [9.17, 15) is 13.2 Å². The number of carbonyl (C=O) groups excluding carboxylic acids is 1. The van der Waals surface area contributed by atoms with Gasteiger partial charge in [-0.1, -0.05) is 29.4 Å². The number of ether oxygens (including phenoxy) is 2. The van der Waals surface area contributed by atoms with Crippen LogP contribution in [0.15, 0.2) is 40.2 Å². The summed E-state index contributed by atoms with van der Waals surface area (Å²) in [6, 6.07) is 7.20. The Hall–Kier alpha value is -2.43. The lowest BCUT2D eigenvalue weighted by Crippen LogP contribution is -2.28. The Balaban J connectivity index is 1.91. The molecule has 0 saturated carbocycles. The van der Waals surface area contributed by atoms with Crippen molar-refractivity contribution in [3.05, 3.63) is 46.5 Å². The molecule has 1 aliphatic heterocycles. The van der Waals surface area contributed by atoms with Gasteiger partial charge in [0.15, 0.2) is 5.17 Å². The van der Waals surface area contributed by atoms with Crippen molar-refractivity contribution in [2.75, 3.05) is 31.2 Å². The van der Waals surface area contributed by atoms with E-state index in [0.717, 1.165) is 5.75 Å². The van der Waals surface area contributed by atoms with Gasteiger partial charge in [-0.15, -0.1) is 0 Å². The Morgan fingerprint density at radius 1 is 1.17 bits per heavy atom. The first-order valence-corrected chi connectivity index (χ1v) is 11.6. The molecule has 2 N–H and O–H groups in total. The number of halogens is 1. The third-order valence-corrected chi connectivity index (χ3v) is 6.84. The normalized spacial score (nSPS) is 13.5. The third kappa shape index (κ3) is 4.82. The standard InChI is InChI=1S/C19H20ClN3O5S2/c1-11-4-5-12(8-13(11)18(24)22-19-21-6-7-29-19)30(25,26)23-15-9-14(20)16(27-2)10-17(15)28-3/h4-5,8-10,23H,6-7H2,1-3H3,(H,21,22,24). The van der Waals surface area contributed by atoms with Crippen LogP contribution in [0.25, 0.3) is 0 Å². The quantitative estimate of drug-likeness (QED) is 0.672. The van der Waals surface area contributed by atoms with Crippen LogP contribution in [0, 0.1) is 6.92 Å². The highest BCUT2D eigenvalue weighted by Crippen LogP contribution is 2.37. The van der Waals surface area contributed by atoms with Crippen molar-refractivity contribution in [2.24, 2.45) is 4.99 Å². The van der Waals surface area contributed by atoms with E-state index < -0.39 is 15.9 Å². The molecule has 0 atom stereocenters. The molecule has 1 amide bonds. The van der Waals surface area contributed by atoms with Crippen LogP contribution < -0.4 is 19.5 Å². The van der Waals surface area contributed by atoms with Gasteiger partial charge >= 0.3 is 0 Å². The summed E-state index contributed by atoms with van der Waals surface area (Å²) in [6.45, 7) is 2.37. The van der Waals surface area contributed by atoms with Crippen molar-refractivity contribution < 1.29 is 22.7 Å². The molecule has 0 saturated heterocycles. The summed E-state index contributed by atoms with van der Waals surface area (Å²) in [6.07, 6.45) is 0. The minimum Gasteiger partial charge on any atom is -0.495 e. The molecule has 0 fully saturated rings. The highest BCUT2D eigenvalue weighted by atomic mass is 35.5. The maximum atomic E-state index is 13.0. The minimum atomic E-state index is -4.03. The predicted octanol–water partition coefficient (Wildman–Crippen LogP) is 3.30. The molecule has 0 aromatic heterocycles. The maximum Gasteiger partial charge on any atom is 0.262 e. The van der Waals surface area contributed by atoms with Crippen LogP contribution in [0.1, 0.15) is 15.9 Å². The molecular formula is C19H20ClN3O5S2. The molecule has 3 rings (SSSR count). The summed E-state index contributed by atoms with van der Waals surface area (Å²) in [4.78, 5) is 16.7. The van der Waals surface area contributed by atoms with Crippen molar-refractivity contribution in [1.29, 1.82) is 0 Å². The maximum absolute atomic E-state index is 13.0. The number of aryl methyl sites for hydroxylation is 1. The van der Waals surface area contributed by atoms with Crippen LogP contribution in [0.4, 0.5) is 5.69 Å². The molecule has 2 aromatic carbocycles. The SMILES string of the molecule is COc1cc(OC)c(NS(=O)(=O)c2ccc(C)c(C(=O)NC3=NCCS3)c2)cc1Cl. The Kier molecular flexibility index (Phi) is 6.79. The second-order valence-corrected chi connectivity index (χ2v) is 9.43. The van der Waals surface area contributed by atoms with E-state index in [1.165, 1.54) is 50.2 Å². The molecule has 0 aliphatic carbocycles. The van der Waals surface area contributed by atoms with Gasteiger partial charge < -0.3 is 14.8 Å². The van der Waals surface area contributed by atoms with Crippen molar-refractivity contribution in [2.45, 2.75) is 11.8 Å². The predicted molar refractivity (Wildman–Crippen MR) is 119 cm³/mol. The van der Waals surface area contributed by atoms with E-state index in [4.69, 9.17) is 21.1 Å². The Morgan fingerprint density at radius 2 is 1.90 bits per heavy atom. The monoisotopic (exact) mass is 469 g/mol. The number of thioether (sulfide) groups is 1. The molecule has 2 aromatic rings. The number of aliphatic imine (C=N–C) groups is 1. The first-order chi connectivity index (χ1) is 14.2. The van der Waals surface area contributed by atoms with Gasteiger partial charge in [0, 0.05) is 17.4 Å². The number of sulfonamides is 1. The van der Waals surface area contributed by atoms with E-state index in [0.29, 0.717) is 23.0 Å². The summed E-state index contributed by atoms with van der Waals surface area (Å²) in [5.74, 6) is 0.974. The van der Waals surface area contributed by atoms with Crippen LogP contribution in [-0.4, -0.2) is 46.0 Å². The molecular weight excluding hydrogens is 450 g/mol. The first kappa shape index (κ1) is 22.3. The average molecular weight is 470 g/mol. The van der Waals surface area contributed by atoms with Crippen LogP contribution in [-0.2, 0) is 10.0 Å². The fraction of sp³-hybridized carbons (Fsp3) is 0.263. The lowest BCUT2D eigenvalue weighted by Gasteiger charge is -2.15. The highest BCUT2D eigenvalue weighted by Gasteiger charge is 2.22. The van der Waals surface area contributed by atoms with Gasteiger partial charge in [0.05, 0.1) is 36.4 Å². The highest BCUT2D eigenvalue weighted by molar-refractivity contribution is 8.14. The molecule has 0 spiro atoms. The number of nitrogens with one attached hydrogen (secondary N) is 2. The molecule has 0 radical (unpaired) electrons. The molecule has 1 aliphatic rings. The summed E-state index contributed by atoms with van der Waals surface area (Å²) in [5.41, 5.74) is 1.03. The van der Waals surface area contributed by atoms with E-state index in [-0.39, 0.29) is 26.9 Å². The number of nitrogens with zero attached hydrogens (tertiary/aromatic N) is 1. The Labute approximate surface area is 184 Å². The number of amides is 1. The summed E-state index contributed by atoms with van der Waals surface area (Å²) < 4.78 is 38.7. The van der Waals surface area contributed by atoms with Gasteiger partial charge in [-0.3, -0.25) is 14.5 Å². The molecule has 8 nitrogen and oxygen atoms in total. The van der Waals surface area contributed by atoms with Gasteiger partial charge in [0.1, 0.15) is 11.5 Å². The molecule has 160 valence electrons. The average Bonchev–Trinajstić information content (AvgIpc) is 3.21. The first-order valence-electron chi connectivity index (χ1n) is 8.78. The van der Waals surface area contributed by atoms with Crippen molar-refractivity contribution >= 4 is 50.1 Å². The van der Waals surface area contributed by atoms with E-state index in [1.807, 2.05) is 0 Å². The van der Waals surface area contributed by atoms with Gasteiger partial charge in [-0.25, -0.2) is 8.42 Å². The number of benzene rings is 2.